The third-order valence-corrected chi connectivity index (χ3v) is 3.83. The third kappa shape index (κ3) is 6.07. The molecule has 0 atom stereocenters. The van der Waals surface area contributed by atoms with Gasteiger partial charge in [-0.2, -0.15) is 0 Å². The van der Waals surface area contributed by atoms with Crippen molar-refractivity contribution in [1.82, 2.24) is 15.5 Å². The van der Waals surface area contributed by atoms with E-state index in [0.717, 1.165) is 5.56 Å². The molecule has 0 aliphatic rings. The van der Waals surface area contributed by atoms with Crippen LogP contribution in [0, 0.1) is 0 Å². The van der Waals surface area contributed by atoms with Gasteiger partial charge in [0.1, 0.15) is 5.03 Å². The predicted octanol–water partition coefficient (Wildman–Crippen LogP) is 2.23. The van der Waals surface area contributed by atoms with Gasteiger partial charge in [0.2, 0.25) is 11.8 Å². The SMILES string of the molecule is CCC(=O)Nc1ccc(SCC(=O)NCc2ccccc2)nn1. The fourth-order valence-electron chi connectivity index (χ4n) is 1.68. The monoisotopic (exact) mass is 330 g/mol. The van der Waals surface area contributed by atoms with Crippen LogP contribution in [-0.2, 0) is 16.1 Å². The van der Waals surface area contributed by atoms with Crippen LogP contribution in [0.2, 0.25) is 0 Å². The Kier molecular flexibility index (Phi) is 6.56. The first kappa shape index (κ1) is 17.0. The first-order chi connectivity index (χ1) is 11.2. The van der Waals surface area contributed by atoms with E-state index in [0.29, 0.717) is 23.8 Å². The average Bonchev–Trinajstić information content (AvgIpc) is 2.60. The Morgan fingerprint density at radius 1 is 1.04 bits per heavy atom. The molecule has 0 radical (unpaired) electrons. The van der Waals surface area contributed by atoms with E-state index in [1.807, 2.05) is 30.3 Å². The minimum absolute atomic E-state index is 0.0657. The number of anilines is 1. The lowest BCUT2D eigenvalue weighted by Crippen LogP contribution is -2.24. The Labute approximate surface area is 139 Å². The number of benzene rings is 1. The molecule has 7 heteroatoms. The van der Waals surface area contributed by atoms with Crippen molar-refractivity contribution in [2.75, 3.05) is 11.1 Å². The Balaban J connectivity index is 1.74. The number of hydrogen-bond donors (Lipinski definition) is 2. The van der Waals surface area contributed by atoms with E-state index in [1.54, 1.807) is 19.1 Å². The first-order valence-electron chi connectivity index (χ1n) is 7.24. The fraction of sp³-hybridized carbons (Fsp3) is 0.250. The zero-order chi connectivity index (χ0) is 16.5. The molecule has 0 spiro atoms. The molecule has 6 nitrogen and oxygen atoms in total. The number of nitrogens with zero attached hydrogens (tertiary/aromatic N) is 2. The van der Waals surface area contributed by atoms with Gasteiger partial charge in [-0.15, -0.1) is 10.2 Å². The highest BCUT2D eigenvalue weighted by atomic mass is 32.2. The van der Waals surface area contributed by atoms with E-state index in [2.05, 4.69) is 20.8 Å². The molecule has 1 heterocycles. The van der Waals surface area contributed by atoms with E-state index in [9.17, 15) is 9.59 Å². The lowest BCUT2D eigenvalue weighted by Gasteiger charge is -2.05. The summed E-state index contributed by atoms with van der Waals surface area (Å²) in [4.78, 5) is 23.0. The normalized spacial score (nSPS) is 10.1. The van der Waals surface area contributed by atoms with Gasteiger partial charge in [-0.25, -0.2) is 0 Å². The van der Waals surface area contributed by atoms with Crippen LogP contribution in [0.3, 0.4) is 0 Å². The molecule has 2 amide bonds. The maximum absolute atomic E-state index is 11.8. The summed E-state index contributed by atoms with van der Waals surface area (Å²) in [5.41, 5.74) is 1.06. The first-order valence-corrected chi connectivity index (χ1v) is 8.23. The highest BCUT2D eigenvalue weighted by molar-refractivity contribution is 7.99. The summed E-state index contributed by atoms with van der Waals surface area (Å²) in [7, 11) is 0. The molecule has 0 bridgehead atoms. The maximum atomic E-state index is 11.8. The van der Waals surface area contributed by atoms with Gasteiger partial charge in [0.15, 0.2) is 5.82 Å². The molecule has 2 N–H and O–H groups in total. The summed E-state index contributed by atoms with van der Waals surface area (Å²) < 4.78 is 0. The topological polar surface area (TPSA) is 84.0 Å². The largest absolute Gasteiger partial charge is 0.351 e. The van der Waals surface area contributed by atoms with Crippen LogP contribution in [0.4, 0.5) is 5.82 Å². The molecular formula is C16H18N4O2S. The lowest BCUT2D eigenvalue weighted by atomic mass is 10.2. The van der Waals surface area contributed by atoms with E-state index in [1.165, 1.54) is 11.8 Å². The van der Waals surface area contributed by atoms with Crippen LogP contribution in [-0.4, -0.2) is 27.8 Å². The molecule has 0 saturated heterocycles. The molecule has 2 aromatic rings. The Hall–Kier alpha value is -2.41. The van der Waals surface area contributed by atoms with Gasteiger partial charge >= 0.3 is 0 Å². The summed E-state index contributed by atoms with van der Waals surface area (Å²) in [5, 5.41) is 14.0. The summed E-state index contributed by atoms with van der Waals surface area (Å²) in [6, 6.07) is 13.1. The lowest BCUT2D eigenvalue weighted by molar-refractivity contribution is -0.118. The van der Waals surface area contributed by atoms with E-state index < -0.39 is 0 Å². The fourth-order valence-corrected chi connectivity index (χ4v) is 2.33. The Bertz CT molecular complexity index is 647. The molecule has 0 fully saturated rings. The van der Waals surface area contributed by atoms with Gasteiger partial charge in [-0.3, -0.25) is 9.59 Å². The molecule has 2 rings (SSSR count). The van der Waals surface area contributed by atoms with Crippen molar-refractivity contribution in [2.24, 2.45) is 0 Å². The number of rotatable bonds is 7. The van der Waals surface area contributed by atoms with Crippen molar-refractivity contribution < 1.29 is 9.59 Å². The second kappa shape index (κ2) is 8.89. The average molecular weight is 330 g/mol. The van der Waals surface area contributed by atoms with E-state index in [4.69, 9.17) is 0 Å². The van der Waals surface area contributed by atoms with Crippen molar-refractivity contribution in [3.63, 3.8) is 0 Å². The minimum Gasteiger partial charge on any atom is -0.351 e. The standard InChI is InChI=1S/C16H18N4O2S/c1-2-14(21)18-13-8-9-16(20-19-13)23-11-15(22)17-10-12-6-4-3-5-7-12/h3-9H,2,10-11H2,1H3,(H,17,22)(H,18,19,21). The smallest absolute Gasteiger partial charge is 0.230 e. The number of aromatic nitrogens is 2. The van der Waals surface area contributed by atoms with Gasteiger partial charge in [-0.05, 0) is 17.7 Å². The van der Waals surface area contributed by atoms with Gasteiger partial charge in [0.05, 0.1) is 5.75 Å². The molecule has 120 valence electrons. The number of carbonyl (C=O) groups is 2. The van der Waals surface area contributed by atoms with Crippen molar-refractivity contribution >= 4 is 29.4 Å². The Morgan fingerprint density at radius 2 is 1.83 bits per heavy atom. The Morgan fingerprint density at radius 3 is 2.48 bits per heavy atom. The molecule has 1 aromatic carbocycles. The predicted molar refractivity (Wildman–Crippen MR) is 90.0 cm³/mol. The number of hydrogen-bond acceptors (Lipinski definition) is 5. The van der Waals surface area contributed by atoms with Crippen LogP contribution in [0.1, 0.15) is 18.9 Å². The summed E-state index contributed by atoms with van der Waals surface area (Å²) in [5.74, 6) is 0.501. The van der Waals surface area contributed by atoms with Crippen LogP contribution >= 0.6 is 11.8 Å². The molecule has 0 saturated carbocycles. The van der Waals surface area contributed by atoms with Crippen molar-refractivity contribution in [3.05, 3.63) is 48.0 Å². The molecule has 0 unspecified atom stereocenters. The van der Waals surface area contributed by atoms with Gasteiger partial charge in [-0.1, -0.05) is 49.0 Å². The molecule has 0 aliphatic heterocycles. The quantitative estimate of drug-likeness (QED) is 0.761. The molecule has 1 aromatic heterocycles. The number of nitrogens with one attached hydrogen (secondary N) is 2. The molecular weight excluding hydrogens is 312 g/mol. The van der Waals surface area contributed by atoms with Crippen molar-refractivity contribution in [1.29, 1.82) is 0 Å². The van der Waals surface area contributed by atoms with Gasteiger partial charge in [0.25, 0.3) is 0 Å². The van der Waals surface area contributed by atoms with Crippen LogP contribution in [0.15, 0.2) is 47.5 Å². The highest BCUT2D eigenvalue weighted by Gasteiger charge is 2.05. The second-order valence-corrected chi connectivity index (χ2v) is 5.71. The summed E-state index contributed by atoms with van der Waals surface area (Å²) in [6.45, 7) is 2.27. The number of amides is 2. The summed E-state index contributed by atoms with van der Waals surface area (Å²) >= 11 is 1.30. The highest BCUT2D eigenvalue weighted by Crippen LogP contribution is 2.15. The van der Waals surface area contributed by atoms with Gasteiger partial charge < -0.3 is 10.6 Å². The zero-order valence-corrected chi connectivity index (χ0v) is 13.6. The van der Waals surface area contributed by atoms with E-state index in [-0.39, 0.29) is 17.6 Å². The third-order valence-electron chi connectivity index (χ3n) is 2.91. The van der Waals surface area contributed by atoms with Crippen LogP contribution < -0.4 is 10.6 Å². The molecule has 0 aliphatic carbocycles. The molecule has 23 heavy (non-hydrogen) atoms. The number of carbonyl (C=O) groups excluding carboxylic acids is 2. The van der Waals surface area contributed by atoms with Crippen molar-refractivity contribution in [3.8, 4) is 0 Å². The van der Waals surface area contributed by atoms with Gasteiger partial charge in [0, 0.05) is 13.0 Å². The van der Waals surface area contributed by atoms with Crippen molar-refractivity contribution in [2.45, 2.75) is 24.9 Å². The second-order valence-electron chi connectivity index (χ2n) is 4.71. The van der Waals surface area contributed by atoms with E-state index >= 15 is 0 Å². The minimum atomic E-state index is -0.111. The zero-order valence-electron chi connectivity index (χ0n) is 12.8. The maximum Gasteiger partial charge on any atom is 0.230 e. The number of thioether (sulfide) groups is 1. The van der Waals surface area contributed by atoms with Crippen LogP contribution in [0.5, 0.6) is 0 Å². The van der Waals surface area contributed by atoms with Crippen LogP contribution in [0.25, 0.3) is 0 Å². The summed E-state index contributed by atoms with van der Waals surface area (Å²) in [6.07, 6.45) is 0.389.